The molecule has 7 heteroatoms. The predicted octanol–water partition coefficient (Wildman–Crippen LogP) is 3.04. The highest BCUT2D eigenvalue weighted by Gasteiger charge is 2.35. The molecule has 26 heavy (non-hydrogen) atoms. The molecule has 2 aromatic rings. The van der Waals surface area contributed by atoms with E-state index in [1.54, 1.807) is 24.3 Å². The maximum absolute atomic E-state index is 12.3. The molecule has 2 heterocycles. The van der Waals surface area contributed by atoms with Crippen molar-refractivity contribution in [3.05, 3.63) is 46.0 Å². The first-order valence-electron chi connectivity index (χ1n) is 8.87. The van der Waals surface area contributed by atoms with E-state index in [-0.39, 0.29) is 30.7 Å². The van der Waals surface area contributed by atoms with Crippen molar-refractivity contribution in [3.63, 3.8) is 0 Å². The summed E-state index contributed by atoms with van der Waals surface area (Å²) in [5.74, 6) is -0.899. The molecule has 1 aromatic carbocycles. The number of rotatable bonds is 4. The van der Waals surface area contributed by atoms with Crippen LogP contribution in [0.3, 0.4) is 0 Å². The summed E-state index contributed by atoms with van der Waals surface area (Å²) in [4.78, 5) is 43.8. The van der Waals surface area contributed by atoms with Crippen molar-refractivity contribution >= 4 is 34.2 Å². The average molecular weight is 369 g/mol. The number of nitrogens with one attached hydrogen (secondary N) is 1. The van der Waals surface area contributed by atoms with Crippen LogP contribution in [0.2, 0.25) is 0 Å². The van der Waals surface area contributed by atoms with Crippen molar-refractivity contribution in [2.45, 2.75) is 38.5 Å². The fourth-order valence-electron chi connectivity index (χ4n) is 3.42. The van der Waals surface area contributed by atoms with E-state index in [9.17, 15) is 14.4 Å². The Hall–Kier alpha value is -2.54. The van der Waals surface area contributed by atoms with Gasteiger partial charge in [0.15, 0.2) is 5.13 Å². The van der Waals surface area contributed by atoms with E-state index in [2.05, 4.69) is 10.3 Å². The predicted molar refractivity (Wildman–Crippen MR) is 98.4 cm³/mol. The number of fused-ring (bicyclic) bond motifs is 2. The highest BCUT2D eigenvalue weighted by molar-refractivity contribution is 7.15. The van der Waals surface area contributed by atoms with Gasteiger partial charge in [-0.1, -0.05) is 18.6 Å². The maximum atomic E-state index is 12.3. The number of thiazole rings is 1. The SMILES string of the molecule is O=C(CCN1C(=O)c2ccccc2C1=O)Nc1nc2c(s1)CCCCC2. The number of amides is 3. The molecule has 1 aromatic heterocycles. The van der Waals surface area contributed by atoms with E-state index < -0.39 is 0 Å². The van der Waals surface area contributed by atoms with Gasteiger partial charge in [-0.05, 0) is 37.8 Å². The molecular weight excluding hydrogens is 350 g/mol. The number of imide groups is 1. The maximum Gasteiger partial charge on any atom is 0.261 e. The summed E-state index contributed by atoms with van der Waals surface area (Å²) in [6.07, 6.45) is 5.60. The molecule has 6 nitrogen and oxygen atoms in total. The van der Waals surface area contributed by atoms with E-state index in [0.717, 1.165) is 29.9 Å². The smallest absolute Gasteiger partial charge is 0.261 e. The number of hydrogen-bond acceptors (Lipinski definition) is 5. The Labute approximate surface area is 155 Å². The molecule has 1 aliphatic heterocycles. The Balaban J connectivity index is 1.36. The van der Waals surface area contributed by atoms with Gasteiger partial charge in [0.05, 0.1) is 16.8 Å². The number of carbonyl (C=O) groups is 3. The minimum Gasteiger partial charge on any atom is -0.302 e. The lowest BCUT2D eigenvalue weighted by molar-refractivity contribution is -0.116. The third-order valence-electron chi connectivity index (χ3n) is 4.78. The van der Waals surface area contributed by atoms with Gasteiger partial charge in [-0.15, -0.1) is 11.3 Å². The summed E-state index contributed by atoms with van der Waals surface area (Å²) in [6.45, 7) is 0.0727. The summed E-state index contributed by atoms with van der Waals surface area (Å²) in [6, 6.07) is 6.73. The monoisotopic (exact) mass is 369 g/mol. The van der Waals surface area contributed by atoms with Gasteiger partial charge < -0.3 is 5.32 Å². The standard InChI is InChI=1S/C19H19N3O3S/c23-16(21-19-20-14-8-2-1-3-9-15(14)26-19)10-11-22-17(24)12-6-4-5-7-13(12)18(22)25/h4-7H,1-3,8-11H2,(H,20,21,23). The van der Waals surface area contributed by atoms with Gasteiger partial charge in [-0.2, -0.15) is 0 Å². The number of benzene rings is 1. The summed E-state index contributed by atoms with van der Waals surface area (Å²) in [5, 5.41) is 3.43. The van der Waals surface area contributed by atoms with Gasteiger partial charge in [0, 0.05) is 17.8 Å². The number of hydrogen-bond donors (Lipinski definition) is 1. The molecule has 0 saturated carbocycles. The third kappa shape index (κ3) is 3.14. The first-order chi connectivity index (χ1) is 12.6. The van der Waals surface area contributed by atoms with Crippen LogP contribution in [0.25, 0.3) is 0 Å². The number of carbonyl (C=O) groups excluding carboxylic acids is 3. The van der Waals surface area contributed by atoms with Crippen LogP contribution < -0.4 is 5.32 Å². The summed E-state index contributed by atoms with van der Waals surface area (Å²) in [7, 11) is 0. The van der Waals surface area contributed by atoms with E-state index in [1.807, 2.05) is 0 Å². The zero-order chi connectivity index (χ0) is 18.1. The molecule has 0 fully saturated rings. The quantitative estimate of drug-likeness (QED) is 0.664. The summed E-state index contributed by atoms with van der Waals surface area (Å²) in [5.41, 5.74) is 1.91. The Kier molecular flexibility index (Phi) is 4.55. The van der Waals surface area contributed by atoms with Crippen molar-refractivity contribution in [3.8, 4) is 0 Å². The second-order valence-electron chi connectivity index (χ2n) is 6.56. The first kappa shape index (κ1) is 16.9. The van der Waals surface area contributed by atoms with Crippen LogP contribution in [0.4, 0.5) is 5.13 Å². The molecule has 3 amide bonds. The Bertz CT molecular complexity index is 831. The molecule has 0 radical (unpaired) electrons. The topological polar surface area (TPSA) is 79.4 Å². The molecule has 1 aliphatic carbocycles. The van der Waals surface area contributed by atoms with Gasteiger partial charge >= 0.3 is 0 Å². The van der Waals surface area contributed by atoms with Crippen molar-refractivity contribution in [1.82, 2.24) is 9.88 Å². The Morgan fingerprint density at radius 1 is 1.08 bits per heavy atom. The normalized spacial score (nSPS) is 16.2. The molecule has 4 rings (SSSR count). The van der Waals surface area contributed by atoms with E-state index in [0.29, 0.717) is 16.3 Å². The van der Waals surface area contributed by atoms with E-state index in [4.69, 9.17) is 0 Å². The van der Waals surface area contributed by atoms with Crippen LogP contribution >= 0.6 is 11.3 Å². The van der Waals surface area contributed by atoms with Crippen molar-refractivity contribution in [2.24, 2.45) is 0 Å². The molecule has 0 unspecified atom stereocenters. The summed E-state index contributed by atoms with van der Waals surface area (Å²) >= 11 is 1.54. The molecule has 0 bridgehead atoms. The second-order valence-corrected chi connectivity index (χ2v) is 7.64. The van der Waals surface area contributed by atoms with E-state index >= 15 is 0 Å². The van der Waals surface area contributed by atoms with Gasteiger partial charge in [-0.25, -0.2) is 4.98 Å². The van der Waals surface area contributed by atoms with Crippen LogP contribution in [0.15, 0.2) is 24.3 Å². The van der Waals surface area contributed by atoms with Gasteiger partial charge in [0.25, 0.3) is 11.8 Å². The van der Waals surface area contributed by atoms with Crippen molar-refractivity contribution in [1.29, 1.82) is 0 Å². The molecule has 0 spiro atoms. The number of nitrogens with zero attached hydrogens (tertiary/aromatic N) is 2. The highest BCUT2D eigenvalue weighted by Crippen LogP contribution is 2.29. The average Bonchev–Trinajstić information content (AvgIpc) is 3.03. The Morgan fingerprint density at radius 2 is 1.77 bits per heavy atom. The van der Waals surface area contributed by atoms with Crippen molar-refractivity contribution < 1.29 is 14.4 Å². The fourth-order valence-corrected chi connectivity index (χ4v) is 4.49. The van der Waals surface area contributed by atoms with Gasteiger partial charge in [0.1, 0.15) is 0 Å². The van der Waals surface area contributed by atoms with Crippen LogP contribution in [0.1, 0.15) is 57.0 Å². The fraction of sp³-hybridized carbons (Fsp3) is 0.368. The largest absolute Gasteiger partial charge is 0.302 e. The third-order valence-corrected chi connectivity index (χ3v) is 5.86. The van der Waals surface area contributed by atoms with Crippen LogP contribution in [-0.4, -0.2) is 34.2 Å². The molecule has 0 atom stereocenters. The molecular formula is C19H19N3O3S. The number of anilines is 1. The van der Waals surface area contributed by atoms with Crippen LogP contribution in [0, 0.1) is 0 Å². The highest BCUT2D eigenvalue weighted by atomic mass is 32.1. The summed E-state index contributed by atoms with van der Waals surface area (Å²) < 4.78 is 0. The van der Waals surface area contributed by atoms with Crippen LogP contribution in [0.5, 0.6) is 0 Å². The van der Waals surface area contributed by atoms with Crippen molar-refractivity contribution in [2.75, 3.05) is 11.9 Å². The second kappa shape index (κ2) is 6.99. The molecule has 2 aliphatic rings. The molecule has 134 valence electrons. The first-order valence-corrected chi connectivity index (χ1v) is 9.69. The minimum atomic E-state index is -0.334. The Morgan fingerprint density at radius 3 is 2.50 bits per heavy atom. The zero-order valence-corrected chi connectivity index (χ0v) is 15.1. The zero-order valence-electron chi connectivity index (χ0n) is 14.3. The van der Waals surface area contributed by atoms with Gasteiger partial charge in [-0.3, -0.25) is 19.3 Å². The lowest BCUT2D eigenvalue weighted by Crippen LogP contribution is -2.32. The van der Waals surface area contributed by atoms with Gasteiger partial charge in [0.2, 0.25) is 5.91 Å². The van der Waals surface area contributed by atoms with Crippen LogP contribution in [-0.2, 0) is 17.6 Å². The van der Waals surface area contributed by atoms with E-state index in [1.165, 1.54) is 29.1 Å². The molecule has 1 N–H and O–H groups in total. The lowest BCUT2D eigenvalue weighted by Gasteiger charge is -2.12. The number of aryl methyl sites for hydroxylation is 2. The molecule has 0 saturated heterocycles. The lowest BCUT2D eigenvalue weighted by atomic mass is 10.1. The minimum absolute atomic E-state index is 0.0652. The number of aromatic nitrogens is 1.